The number of nitrogens with one attached hydrogen (secondary N) is 1. The number of hydrogen-bond donors (Lipinski definition) is 1. The van der Waals surface area contributed by atoms with Crippen LogP contribution in [0.25, 0.3) is 0 Å². The smallest absolute Gasteiger partial charge is 0.0784 e. The SMILES string of the molecule is CCCN(C1CNC1)C(C)c1nccnc1C. The molecule has 1 saturated heterocycles. The minimum atomic E-state index is 0.357. The molecule has 1 unspecified atom stereocenters. The van der Waals surface area contributed by atoms with Crippen molar-refractivity contribution in [1.82, 2.24) is 20.2 Å². The summed E-state index contributed by atoms with van der Waals surface area (Å²) in [5, 5.41) is 3.34. The Hall–Kier alpha value is -1.00. The summed E-state index contributed by atoms with van der Waals surface area (Å²) in [4.78, 5) is 11.4. The third-order valence-electron chi connectivity index (χ3n) is 3.52. The van der Waals surface area contributed by atoms with Crippen molar-refractivity contribution < 1.29 is 0 Å². The molecule has 0 aliphatic carbocycles. The second-order valence-electron chi connectivity index (χ2n) is 4.75. The van der Waals surface area contributed by atoms with Gasteiger partial charge in [0.15, 0.2) is 0 Å². The van der Waals surface area contributed by atoms with Gasteiger partial charge in [0.25, 0.3) is 0 Å². The van der Waals surface area contributed by atoms with Crippen LogP contribution in [0.4, 0.5) is 0 Å². The molecule has 0 spiro atoms. The van der Waals surface area contributed by atoms with E-state index in [0.29, 0.717) is 12.1 Å². The summed E-state index contributed by atoms with van der Waals surface area (Å²) in [7, 11) is 0. The fraction of sp³-hybridized carbons (Fsp3) is 0.692. The van der Waals surface area contributed by atoms with Gasteiger partial charge in [-0.25, -0.2) is 0 Å². The molecule has 17 heavy (non-hydrogen) atoms. The lowest BCUT2D eigenvalue weighted by Gasteiger charge is -2.41. The highest BCUT2D eigenvalue weighted by Gasteiger charge is 2.29. The normalized spacial score (nSPS) is 18.1. The first kappa shape index (κ1) is 12.5. The van der Waals surface area contributed by atoms with E-state index in [1.165, 1.54) is 6.42 Å². The largest absolute Gasteiger partial charge is 0.314 e. The summed E-state index contributed by atoms with van der Waals surface area (Å²) < 4.78 is 0. The first-order chi connectivity index (χ1) is 8.24. The Balaban J connectivity index is 2.15. The maximum Gasteiger partial charge on any atom is 0.0784 e. The van der Waals surface area contributed by atoms with E-state index >= 15 is 0 Å². The van der Waals surface area contributed by atoms with Gasteiger partial charge in [-0.1, -0.05) is 6.92 Å². The third kappa shape index (κ3) is 2.64. The van der Waals surface area contributed by atoms with Gasteiger partial charge in [-0.05, 0) is 26.8 Å². The molecule has 1 N–H and O–H groups in total. The summed E-state index contributed by atoms with van der Waals surface area (Å²) >= 11 is 0. The summed E-state index contributed by atoms with van der Waals surface area (Å²) in [6.07, 6.45) is 4.74. The zero-order valence-electron chi connectivity index (χ0n) is 11.0. The van der Waals surface area contributed by atoms with Gasteiger partial charge in [-0.15, -0.1) is 0 Å². The highest BCUT2D eigenvalue weighted by atomic mass is 15.3. The minimum absolute atomic E-state index is 0.357. The molecule has 1 atom stereocenters. The van der Waals surface area contributed by atoms with Crippen molar-refractivity contribution in [3.05, 3.63) is 23.8 Å². The standard InChI is InChI=1S/C13H22N4/c1-4-7-17(12-8-14-9-12)11(3)13-10(2)15-5-6-16-13/h5-6,11-12,14H,4,7-9H2,1-3H3. The maximum atomic E-state index is 4.50. The minimum Gasteiger partial charge on any atom is -0.314 e. The van der Waals surface area contributed by atoms with Gasteiger partial charge in [0.2, 0.25) is 0 Å². The van der Waals surface area contributed by atoms with Gasteiger partial charge in [0.05, 0.1) is 17.4 Å². The van der Waals surface area contributed by atoms with E-state index in [9.17, 15) is 0 Å². The van der Waals surface area contributed by atoms with E-state index in [2.05, 4.69) is 34.0 Å². The predicted octanol–water partition coefficient (Wildman–Crippen LogP) is 1.53. The van der Waals surface area contributed by atoms with E-state index in [4.69, 9.17) is 0 Å². The average molecular weight is 234 g/mol. The Morgan fingerprint density at radius 1 is 1.41 bits per heavy atom. The second kappa shape index (κ2) is 5.56. The Kier molecular flexibility index (Phi) is 4.07. The van der Waals surface area contributed by atoms with Gasteiger partial charge in [-0.3, -0.25) is 14.9 Å². The molecule has 1 aliphatic heterocycles. The van der Waals surface area contributed by atoms with Crippen LogP contribution in [0.2, 0.25) is 0 Å². The van der Waals surface area contributed by atoms with Crippen LogP contribution >= 0.6 is 0 Å². The summed E-state index contributed by atoms with van der Waals surface area (Å²) in [6, 6.07) is 1.02. The molecular formula is C13H22N4. The van der Waals surface area contributed by atoms with E-state index in [0.717, 1.165) is 31.0 Å². The summed E-state index contributed by atoms with van der Waals surface area (Å²) in [5.74, 6) is 0. The Labute approximate surface area is 103 Å². The monoisotopic (exact) mass is 234 g/mol. The van der Waals surface area contributed by atoms with E-state index in [1.54, 1.807) is 12.4 Å². The lowest BCUT2D eigenvalue weighted by molar-refractivity contribution is 0.100. The molecule has 0 aromatic carbocycles. The van der Waals surface area contributed by atoms with E-state index < -0.39 is 0 Å². The predicted molar refractivity (Wildman–Crippen MR) is 68.8 cm³/mol. The van der Waals surface area contributed by atoms with Crippen molar-refractivity contribution in [1.29, 1.82) is 0 Å². The van der Waals surface area contributed by atoms with Crippen LogP contribution in [0, 0.1) is 6.92 Å². The van der Waals surface area contributed by atoms with Crippen LogP contribution in [0.15, 0.2) is 12.4 Å². The van der Waals surface area contributed by atoms with E-state index in [1.807, 2.05) is 6.92 Å². The lowest BCUT2D eigenvalue weighted by atomic mass is 10.0. The van der Waals surface area contributed by atoms with Gasteiger partial charge >= 0.3 is 0 Å². The number of nitrogens with zero attached hydrogens (tertiary/aromatic N) is 3. The fourth-order valence-electron chi connectivity index (χ4n) is 2.44. The van der Waals surface area contributed by atoms with Crippen LogP contribution in [0.5, 0.6) is 0 Å². The fourth-order valence-corrected chi connectivity index (χ4v) is 2.44. The molecule has 4 nitrogen and oxygen atoms in total. The molecule has 4 heteroatoms. The zero-order chi connectivity index (χ0) is 12.3. The quantitative estimate of drug-likeness (QED) is 0.839. The summed E-state index contributed by atoms with van der Waals surface area (Å²) in [5.41, 5.74) is 2.17. The van der Waals surface area contributed by atoms with Crippen molar-refractivity contribution in [2.24, 2.45) is 0 Å². The third-order valence-corrected chi connectivity index (χ3v) is 3.52. The van der Waals surface area contributed by atoms with Crippen LogP contribution in [0.3, 0.4) is 0 Å². The van der Waals surface area contributed by atoms with Crippen LogP contribution in [-0.4, -0.2) is 40.5 Å². The Bertz CT molecular complexity index is 362. The van der Waals surface area contributed by atoms with Crippen LogP contribution in [-0.2, 0) is 0 Å². The van der Waals surface area contributed by atoms with Crippen LogP contribution < -0.4 is 5.32 Å². The van der Waals surface area contributed by atoms with Crippen molar-refractivity contribution in [2.45, 2.75) is 39.3 Å². The van der Waals surface area contributed by atoms with Crippen molar-refractivity contribution in [3.8, 4) is 0 Å². The summed E-state index contributed by atoms with van der Waals surface area (Å²) in [6.45, 7) is 9.85. The molecule has 0 radical (unpaired) electrons. The molecule has 0 bridgehead atoms. The number of aromatic nitrogens is 2. The van der Waals surface area contributed by atoms with Crippen molar-refractivity contribution in [3.63, 3.8) is 0 Å². The van der Waals surface area contributed by atoms with Crippen molar-refractivity contribution >= 4 is 0 Å². The lowest BCUT2D eigenvalue weighted by Crippen LogP contribution is -2.57. The molecule has 1 aromatic heterocycles. The topological polar surface area (TPSA) is 41.0 Å². The molecule has 0 saturated carbocycles. The Morgan fingerprint density at radius 3 is 2.65 bits per heavy atom. The molecule has 94 valence electrons. The molecular weight excluding hydrogens is 212 g/mol. The maximum absolute atomic E-state index is 4.50. The van der Waals surface area contributed by atoms with Crippen LogP contribution in [0.1, 0.15) is 37.7 Å². The van der Waals surface area contributed by atoms with Crippen molar-refractivity contribution in [2.75, 3.05) is 19.6 Å². The second-order valence-corrected chi connectivity index (χ2v) is 4.75. The van der Waals surface area contributed by atoms with E-state index in [-0.39, 0.29) is 0 Å². The molecule has 1 aromatic rings. The molecule has 2 rings (SSSR count). The first-order valence-electron chi connectivity index (χ1n) is 6.48. The number of aryl methyl sites for hydroxylation is 1. The van der Waals surface area contributed by atoms with Gasteiger partial charge < -0.3 is 5.32 Å². The molecule has 1 aliphatic rings. The molecule has 2 heterocycles. The molecule has 1 fully saturated rings. The number of hydrogen-bond acceptors (Lipinski definition) is 4. The average Bonchev–Trinajstić information content (AvgIpc) is 2.26. The van der Waals surface area contributed by atoms with Gasteiger partial charge in [0.1, 0.15) is 0 Å². The molecule has 0 amide bonds. The highest BCUT2D eigenvalue weighted by molar-refractivity contribution is 5.13. The van der Waals surface area contributed by atoms with Gasteiger partial charge in [0, 0.05) is 31.5 Å². The highest BCUT2D eigenvalue weighted by Crippen LogP contribution is 2.24. The first-order valence-corrected chi connectivity index (χ1v) is 6.48. The zero-order valence-corrected chi connectivity index (χ0v) is 11.0. The van der Waals surface area contributed by atoms with Gasteiger partial charge in [-0.2, -0.15) is 0 Å². The Morgan fingerprint density at radius 2 is 2.12 bits per heavy atom. The number of rotatable bonds is 5.